The maximum Gasteiger partial charge on any atom is 0.253 e. The third-order valence-electron chi connectivity index (χ3n) is 4.60. The molecule has 4 nitrogen and oxygen atoms in total. The largest absolute Gasteiger partial charge is 0.339 e. The molecule has 4 heteroatoms. The van der Waals surface area contributed by atoms with Crippen molar-refractivity contribution in [1.82, 2.24) is 9.80 Å². The second-order valence-electron chi connectivity index (χ2n) is 6.87. The minimum atomic E-state index is 0.0595. The van der Waals surface area contributed by atoms with E-state index >= 15 is 0 Å². The van der Waals surface area contributed by atoms with Crippen LogP contribution in [0.2, 0.25) is 0 Å². The lowest BCUT2D eigenvalue weighted by molar-refractivity contribution is 0.0681. The monoisotopic (exact) mass is 330 g/mol. The van der Waals surface area contributed by atoms with Crippen molar-refractivity contribution in [3.05, 3.63) is 35.4 Å². The molecule has 0 spiro atoms. The molecule has 1 saturated heterocycles. The van der Waals surface area contributed by atoms with Gasteiger partial charge in [0, 0.05) is 37.3 Å². The first-order valence-corrected chi connectivity index (χ1v) is 9.25. The fourth-order valence-corrected chi connectivity index (χ4v) is 3.35. The van der Waals surface area contributed by atoms with E-state index in [0.29, 0.717) is 17.0 Å². The topological polar surface area (TPSA) is 40.6 Å². The lowest BCUT2D eigenvalue weighted by Crippen LogP contribution is -2.39. The van der Waals surface area contributed by atoms with Crippen LogP contribution in [-0.2, 0) is 0 Å². The highest BCUT2D eigenvalue weighted by molar-refractivity contribution is 5.97. The summed E-state index contributed by atoms with van der Waals surface area (Å²) in [5, 5.41) is 0. The van der Waals surface area contributed by atoms with Crippen LogP contribution in [0.4, 0.5) is 0 Å². The van der Waals surface area contributed by atoms with E-state index in [1.165, 1.54) is 6.42 Å². The zero-order valence-electron chi connectivity index (χ0n) is 15.3. The molecule has 2 rings (SSSR count). The Morgan fingerprint density at radius 1 is 1.08 bits per heavy atom. The van der Waals surface area contributed by atoms with Gasteiger partial charge in [0.05, 0.1) is 0 Å². The fourth-order valence-electron chi connectivity index (χ4n) is 3.35. The van der Waals surface area contributed by atoms with E-state index in [-0.39, 0.29) is 11.8 Å². The van der Waals surface area contributed by atoms with Crippen molar-refractivity contribution in [3.63, 3.8) is 0 Å². The van der Waals surface area contributed by atoms with E-state index in [1.807, 2.05) is 9.80 Å². The summed E-state index contributed by atoms with van der Waals surface area (Å²) in [7, 11) is 0. The van der Waals surface area contributed by atoms with Gasteiger partial charge >= 0.3 is 0 Å². The van der Waals surface area contributed by atoms with Crippen LogP contribution in [0, 0.1) is 5.92 Å². The average molecular weight is 330 g/mol. The molecule has 1 aromatic rings. The van der Waals surface area contributed by atoms with Crippen molar-refractivity contribution in [1.29, 1.82) is 0 Å². The smallest absolute Gasteiger partial charge is 0.253 e. The van der Waals surface area contributed by atoms with Crippen LogP contribution in [0.15, 0.2) is 24.3 Å². The van der Waals surface area contributed by atoms with Crippen molar-refractivity contribution in [2.24, 2.45) is 5.92 Å². The maximum atomic E-state index is 12.6. The Kier molecular flexibility index (Phi) is 6.83. The molecule has 1 aliphatic heterocycles. The fraction of sp³-hybridized carbons (Fsp3) is 0.600. The molecule has 1 aliphatic rings. The Morgan fingerprint density at radius 2 is 1.67 bits per heavy atom. The van der Waals surface area contributed by atoms with Gasteiger partial charge in [-0.15, -0.1) is 0 Å². The van der Waals surface area contributed by atoms with Gasteiger partial charge in [-0.2, -0.15) is 0 Å². The Balaban J connectivity index is 2.06. The summed E-state index contributed by atoms with van der Waals surface area (Å²) in [6, 6.07) is 7.18. The van der Waals surface area contributed by atoms with Gasteiger partial charge in [-0.25, -0.2) is 0 Å². The predicted molar refractivity (Wildman–Crippen MR) is 97.2 cm³/mol. The average Bonchev–Trinajstić information content (AvgIpc) is 2.60. The van der Waals surface area contributed by atoms with E-state index < -0.39 is 0 Å². The van der Waals surface area contributed by atoms with Crippen LogP contribution in [0.25, 0.3) is 0 Å². The first-order valence-electron chi connectivity index (χ1n) is 9.25. The van der Waals surface area contributed by atoms with E-state index in [2.05, 4.69) is 20.8 Å². The van der Waals surface area contributed by atoms with Crippen molar-refractivity contribution in [2.75, 3.05) is 26.2 Å². The number of carbonyl (C=O) groups excluding carboxylic acids is 2. The lowest BCUT2D eigenvalue weighted by Gasteiger charge is -2.31. The molecule has 1 unspecified atom stereocenters. The van der Waals surface area contributed by atoms with Gasteiger partial charge in [0.15, 0.2) is 0 Å². The number of carbonyl (C=O) groups is 2. The minimum absolute atomic E-state index is 0.0595. The summed E-state index contributed by atoms with van der Waals surface area (Å²) in [6.45, 7) is 9.58. The number of rotatable bonds is 6. The standard InChI is InChI=1S/C20H30N2O2/c1-4-12-21(13-5-2)19(23)17-8-10-18(11-9-17)20(24)22-14-6-7-16(3)15-22/h8-11,16H,4-7,12-15H2,1-3H3. The molecule has 0 saturated carbocycles. The van der Waals surface area contributed by atoms with Crippen molar-refractivity contribution in [2.45, 2.75) is 46.5 Å². The SMILES string of the molecule is CCCN(CCC)C(=O)c1ccc(C(=O)N2CCCC(C)C2)cc1. The molecule has 0 bridgehead atoms. The van der Waals surface area contributed by atoms with Gasteiger partial charge in [0.2, 0.25) is 0 Å². The number of amides is 2. The molecule has 0 aliphatic carbocycles. The molecule has 1 aromatic carbocycles. The van der Waals surface area contributed by atoms with E-state index in [0.717, 1.165) is 45.4 Å². The summed E-state index contributed by atoms with van der Waals surface area (Å²) in [6.07, 6.45) is 4.18. The highest BCUT2D eigenvalue weighted by Gasteiger charge is 2.22. The van der Waals surface area contributed by atoms with Crippen molar-refractivity contribution in [3.8, 4) is 0 Å². The summed E-state index contributed by atoms with van der Waals surface area (Å²) in [4.78, 5) is 29.0. The second kappa shape index (κ2) is 8.86. The molecular weight excluding hydrogens is 300 g/mol. The number of nitrogens with zero attached hydrogens (tertiary/aromatic N) is 2. The third kappa shape index (κ3) is 4.59. The number of hydrogen-bond donors (Lipinski definition) is 0. The minimum Gasteiger partial charge on any atom is -0.339 e. The molecule has 1 heterocycles. The normalized spacial score (nSPS) is 17.6. The van der Waals surface area contributed by atoms with Gasteiger partial charge in [0.1, 0.15) is 0 Å². The molecular formula is C20H30N2O2. The third-order valence-corrected chi connectivity index (χ3v) is 4.60. The summed E-state index contributed by atoms with van der Waals surface area (Å²) >= 11 is 0. The van der Waals surface area contributed by atoms with Crippen molar-refractivity contribution >= 4 is 11.8 Å². The van der Waals surface area contributed by atoms with Gasteiger partial charge < -0.3 is 9.80 Å². The summed E-state index contributed by atoms with van der Waals surface area (Å²) in [5.74, 6) is 0.712. The Labute approximate surface area is 145 Å². The Bertz CT molecular complexity index is 512. The molecule has 0 aromatic heterocycles. The summed E-state index contributed by atoms with van der Waals surface area (Å²) in [5.41, 5.74) is 1.35. The van der Waals surface area contributed by atoms with Crippen LogP contribution < -0.4 is 0 Å². The number of piperidine rings is 1. The van der Waals surface area contributed by atoms with E-state index in [1.54, 1.807) is 24.3 Å². The molecule has 24 heavy (non-hydrogen) atoms. The van der Waals surface area contributed by atoms with E-state index in [9.17, 15) is 9.59 Å². The van der Waals surface area contributed by atoms with Crippen LogP contribution in [0.1, 0.15) is 67.2 Å². The highest BCUT2D eigenvalue weighted by atomic mass is 16.2. The zero-order chi connectivity index (χ0) is 17.5. The predicted octanol–water partition coefficient (Wildman–Crippen LogP) is 3.82. The first-order chi connectivity index (χ1) is 11.6. The van der Waals surface area contributed by atoms with Gasteiger partial charge in [-0.3, -0.25) is 9.59 Å². The quantitative estimate of drug-likeness (QED) is 0.795. The highest BCUT2D eigenvalue weighted by Crippen LogP contribution is 2.18. The van der Waals surface area contributed by atoms with Crippen LogP contribution in [0.5, 0.6) is 0 Å². The molecule has 1 fully saturated rings. The Morgan fingerprint density at radius 3 is 2.21 bits per heavy atom. The molecule has 0 N–H and O–H groups in total. The Hall–Kier alpha value is -1.84. The second-order valence-corrected chi connectivity index (χ2v) is 6.87. The lowest BCUT2D eigenvalue weighted by atomic mass is 9.99. The number of benzene rings is 1. The van der Waals surface area contributed by atoms with Gasteiger partial charge in [-0.1, -0.05) is 20.8 Å². The van der Waals surface area contributed by atoms with Crippen LogP contribution in [0.3, 0.4) is 0 Å². The number of likely N-dealkylation sites (tertiary alicyclic amines) is 1. The summed E-state index contributed by atoms with van der Waals surface area (Å²) < 4.78 is 0. The number of hydrogen-bond acceptors (Lipinski definition) is 2. The first kappa shape index (κ1) is 18.5. The molecule has 1 atom stereocenters. The molecule has 132 valence electrons. The van der Waals surface area contributed by atoms with Crippen LogP contribution in [-0.4, -0.2) is 47.8 Å². The van der Waals surface area contributed by atoms with Crippen molar-refractivity contribution < 1.29 is 9.59 Å². The van der Waals surface area contributed by atoms with Gasteiger partial charge in [0.25, 0.3) is 11.8 Å². The zero-order valence-corrected chi connectivity index (χ0v) is 15.3. The molecule has 2 amide bonds. The van der Waals surface area contributed by atoms with Crippen LogP contribution >= 0.6 is 0 Å². The van der Waals surface area contributed by atoms with Gasteiger partial charge in [-0.05, 0) is 55.9 Å². The van der Waals surface area contributed by atoms with E-state index in [4.69, 9.17) is 0 Å². The molecule has 0 radical (unpaired) electrons. The maximum absolute atomic E-state index is 12.6.